The largest absolute Gasteiger partial charge is 0.382 e. The van der Waals surface area contributed by atoms with Crippen molar-refractivity contribution in [3.05, 3.63) is 59.7 Å². The number of carbonyl (C=O) groups is 2. The lowest BCUT2D eigenvalue weighted by Crippen LogP contribution is -2.29. The predicted octanol–water partition coefficient (Wildman–Crippen LogP) is 3.60. The van der Waals surface area contributed by atoms with Crippen LogP contribution >= 0.6 is 0 Å². The average molecular weight is 440 g/mol. The predicted molar refractivity (Wildman–Crippen MR) is 126 cm³/mol. The maximum atomic E-state index is 12.9. The summed E-state index contributed by atoms with van der Waals surface area (Å²) in [4.78, 5) is 27.5. The van der Waals surface area contributed by atoms with Crippen LogP contribution in [0.5, 0.6) is 0 Å². The van der Waals surface area contributed by atoms with E-state index in [-0.39, 0.29) is 18.4 Å². The minimum atomic E-state index is -0.252. The van der Waals surface area contributed by atoms with Crippen LogP contribution < -0.4 is 15.5 Å². The van der Waals surface area contributed by atoms with Crippen molar-refractivity contribution < 1.29 is 19.1 Å². The number of anilines is 2. The standard InChI is InChI=1S/C25H33N3O4/c1-2-31-16-8-13-26-25(30)22-17-21(11-12-23(22)28-14-6-7-15-28)27-24(29)19-32-18-20-9-4-3-5-10-20/h3-5,9-12,17H,2,6-8,13-16,18-19H2,1H3,(H,26,30)(H,27,29). The molecule has 7 heteroatoms. The van der Waals surface area contributed by atoms with Crippen LogP contribution in [0.1, 0.15) is 42.1 Å². The van der Waals surface area contributed by atoms with Crippen molar-refractivity contribution in [3.8, 4) is 0 Å². The van der Waals surface area contributed by atoms with Crippen molar-refractivity contribution in [2.75, 3.05) is 49.7 Å². The molecule has 0 radical (unpaired) electrons. The molecule has 3 rings (SSSR count). The molecule has 2 N–H and O–H groups in total. The van der Waals surface area contributed by atoms with Gasteiger partial charge < -0.3 is 25.0 Å². The Morgan fingerprint density at radius 1 is 1.03 bits per heavy atom. The fraction of sp³-hybridized carbons (Fsp3) is 0.440. The van der Waals surface area contributed by atoms with Crippen molar-refractivity contribution in [3.63, 3.8) is 0 Å². The molecular formula is C25H33N3O4. The van der Waals surface area contributed by atoms with E-state index in [1.165, 1.54) is 0 Å². The molecule has 1 aliphatic heterocycles. The Bertz CT molecular complexity index is 867. The SMILES string of the molecule is CCOCCCNC(=O)c1cc(NC(=O)COCc2ccccc2)ccc1N1CCCC1. The first-order valence-corrected chi connectivity index (χ1v) is 11.3. The van der Waals surface area contributed by atoms with Crippen molar-refractivity contribution in [2.24, 2.45) is 0 Å². The van der Waals surface area contributed by atoms with E-state index >= 15 is 0 Å². The number of hydrogen-bond acceptors (Lipinski definition) is 5. The van der Waals surface area contributed by atoms with Crippen molar-refractivity contribution in [1.29, 1.82) is 0 Å². The average Bonchev–Trinajstić information content (AvgIpc) is 3.34. The van der Waals surface area contributed by atoms with Crippen LogP contribution in [0.4, 0.5) is 11.4 Å². The molecular weight excluding hydrogens is 406 g/mol. The summed E-state index contributed by atoms with van der Waals surface area (Å²) in [5.41, 5.74) is 3.08. The van der Waals surface area contributed by atoms with E-state index in [4.69, 9.17) is 9.47 Å². The van der Waals surface area contributed by atoms with Crippen LogP contribution in [0.3, 0.4) is 0 Å². The zero-order chi connectivity index (χ0) is 22.6. The van der Waals surface area contributed by atoms with E-state index in [1.54, 1.807) is 6.07 Å². The summed E-state index contributed by atoms with van der Waals surface area (Å²) in [5.74, 6) is -0.391. The van der Waals surface area contributed by atoms with Crippen LogP contribution in [-0.4, -0.2) is 51.3 Å². The lowest BCUT2D eigenvalue weighted by molar-refractivity contribution is -0.121. The van der Waals surface area contributed by atoms with Gasteiger partial charge in [0.05, 0.1) is 12.2 Å². The maximum Gasteiger partial charge on any atom is 0.253 e. The van der Waals surface area contributed by atoms with Gasteiger partial charge in [-0.2, -0.15) is 0 Å². The van der Waals surface area contributed by atoms with Gasteiger partial charge in [-0.1, -0.05) is 30.3 Å². The topological polar surface area (TPSA) is 79.9 Å². The third-order valence-corrected chi connectivity index (χ3v) is 5.27. The highest BCUT2D eigenvalue weighted by Crippen LogP contribution is 2.27. The first kappa shape index (κ1) is 23.8. The zero-order valence-corrected chi connectivity index (χ0v) is 18.8. The van der Waals surface area contributed by atoms with Gasteiger partial charge in [0.1, 0.15) is 6.61 Å². The molecule has 1 saturated heterocycles. The van der Waals surface area contributed by atoms with Gasteiger partial charge in [-0.05, 0) is 49.9 Å². The van der Waals surface area contributed by atoms with Crippen LogP contribution in [-0.2, 0) is 20.9 Å². The summed E-state index contributed by atoms with van der Waals surface area (Å²) in [6.45, 7) is 5.97. The summed E-state index contributed by atoms with van der Waals surface area (Å²) in [6.07, 6.45) is 2.99. The van der Waals surface area contributed by atoms with Crippen LogP contribution in [0.15, 0.2) is 48.5 Å². The molecule has 1 fully saturated rings. The molecule has 0 spiro atoms. The van der Waals surface area contributed by atoms with Gasteiger partial charge in [-0.25, -0.2) is 0 Å². The molecule has 172 valence electrons. The molecule has 7 nitrogen and oxygen atoms in total. The number of nitrogens with zero attached hydrogens (tertiary/aromatic N) is 1. The molecule has 2 aromatic rings. The molecule has 0 bridgehead atoms. The minimum Gasteiger partial charge on any atom is -0.382 e. The molecule has 2 aromatic carbocycles. The Hall–Kier alpha value is -2.90. The number of carbonyl (C=O) groups excluding carboxylic acids is 2. The van der Waals surface area contributed by atoms with Gasteiger partial charge >= 0.3 is 0 Å². The number of rotatable bonds is 12. The summed E-state index contributed by atoms with van der Waals surface area (Å²) in [5, 5.41) is 5.81. The van der Waals surface area contributed by atoms with E-state index in [9.17, 15) is 9.59 Å². The Kier molecular flexibility index (Phi) is 9.53. The van der Waals surface area contributed by atoms with Crippen molar-refractivity contribution in [1.82, 2.24) is 5.32 Å². The Balaban J connectivity index is 1.59. The molecule has 0 aliphatic carbocycles. The number of benzene rings is 2. The highest BCUT2D eigenvalue weighted by atomic mass is 16.5. The summed E-state index contributed by atoms with van der Waals surface area (Å²) in [7, 11) is 0. The Morgan fingerprint density at radius 2 is 1.81 bits per heavy atom. The molecule has 1 aliphatic rings. The summed E-state index contributed by atoms with van der Waals surface area (Å²) >= 11 is 0. The second kappa shape index (κ2) is 12.8. The van der Waals surface area contributed by atoms with E-state index in [1.807, 2.05) is 49.4 Å². The van der Waals surface area contributed by atoms with Crippen LogP contribution in [0, 0.1) is 0 Å². The first-order chi connectivity index (χ1) is 15.7. The first-order valence-electron chi connectivity index (χ1n) is 11.3. The maximum absolute atomic E-state index is 12.9. The molecule has 2 amide bonds. The monoisotopic (exact) mass is 439 g/mol. The Labute approximate surface area is 190 Å². The fourth-order valence-electron chi connectivity index (χ4n) is 3.68. The number of hydrogen-bond donors (Lipinski definition) is 2. The highest BCUT2D eigenvalue weighted by Gasteiger charge is 2.20. The number of nitrogens with one attached hydrogen (secondary N) is 2. The molecule has 0 saturated carbocycles. The smallest absolute Gasteiger partial charge is 0.253 e. The van der Waals surface area contributed by atoms with Gasteiger partial charge in [0, 0.05) is 44.2 Å². The lowest BCUT2D eigenvalue weighted by atomic mass is 10.1. The second-order valence-corrected chi connectivity index (χ2v) is 7.76. The molecule has 0 atom stereocenters. The number of ether oxygens (including phenoxy) is 2. The highest BCUT2D eigenvalue weighted by molar-refractivity contribution is 6.02. The second-order valence-electron chi connectivity index (χ2n) is 7.76. The molecule has 1 heterocycles. The fourth-order valence-corrected chi connectivity index (χ4v) is 3.68. The van der Waals surface area contributed by atoms with Crippen LogP contribution in [0.2, 0.25) is 0 Å². The van der Waals surface area contributed by atoms with Gasteiger partial charge in [0.25, 0.3) is 5.91 Å². The summed E-state index contributed by atoms with van der Waals surface area (Å²) in [6, 6.07) is 15.2. The van der Waals surface area contributed by atoms with Crippen LogP contribution in [0.25, 0.3) is 0 Å². The van der Waals surface area contributed by atoms with Gasteiger partial charge in [0.15, 0.2) is 0 Å². The molecule has 32 heavy (non-hydrogen) atoms. The van der Waals surface area contributed by atoms with Crippen molar-refractivity contribution in [2.45, 2.75) is 32.8 Å². The Morgan fingerprint density at radius 3 is 2.56 bits per heavy atom. The molecule has 0 unspecified atom stereocenters. The minimum absolute atomic E-state index is 0.0538. The van der Waals surface area contributed by atoms with Gasteiger partial charge in [-0.3, -0.25) is 9.59 Å². The van der Waals surface area contributed by atoms with E-state index in [2.05, 4.69) is 15.5 Å². The number of amides is 2. The summed E-state index contributed by atoms with van der Waals surface area (Å²) < 4.78 is 10.8. The third kappa shape index (κ3) is 7.35. The normalized spacial score (nSPS) is 13.2. The van der Waals surface area contributed by atoms with Gasteiger partial charge in [-0.15, -0.1) is 0 Å². The zero-order valence-electron chi connectivity index (χ0n) is 18.8. The van der Waals surface area contributed by atoms with Gasteiger partial charge in [0.2, 0.25) is 5.91 Å². The lowest BCUT2D eigenvalue weighted by Gasteiger charge is -2.22. The quantitative estimate of drug-likeness (QED) is 0.494. The van der Waals surface area contributed by atoms with E-state index < -0.39 is 0 Å². The van der Waals surface area contributed by atoms with E-state index in [0.717, 1.165) is 43.6 Å². The third-order valence-electron chi connectivity index (χ3n) is 5.27. The van der Waals surface area contributed by atoms with E-state index in [0.29, 0.717) is 37.6 Å². The van der Waals surface area contributed by atoms with Crippen molar-refractivity contribution >= 4 is 23.2 Å². The molecule has 0 aromatic heterocycles.